The number of rotatable bonds is 6. The van der Waals surface area contributed by atoms with Gasteiger partial charge >= 0.3 is 6.36 Å². The molecule has 0 radical (unpaired) electrons. The van der Waals surface area contributed by atoms with E-state index < -0.39 is 74.3 Å². The highest BCUT2D eigenvalue weighted by Crippen LogP contribution is 2.27. The van der Waals surface area contributed by atoms with Crippen LogP contribution in [-0.4, -0.2) is 68.8 Å². The standard InChI is InChI=1S/C17H22F3N3O4/c1-12(24)21-15(11-26-2)16(25)23-8-6-22(7-9-23)13-4-3-5-14(10-13)27-17(18,19)20/h3-5,10,15H,6-9,11H2,1-2H3,(H,21,24)/t15-/m0/s1/i5D,6D2,7D2,8D2,9D2. The summed E-state index contributed by atoms with van der Waals surface area (Å²) in [4.78, 5) is 24.2. The Bertz CT molecular complexity index is 999. The Labute approximate surface area is 167 Å². The first kappa shape index (κ1) is 11.4. The first-order valence-corrected chi connectivity index (χ1v) is 7.40. The number of halogens is 3. The third-order valence-electron chi connectivity index (χ3n) is 3.02. The highest BCUT2D eigenvalue weighted by atomic mass is 19.4. The van der Waals surface area contributed by atoms with Crippen molar-refractivity contribution in [3.63, 3.8) is 0 Å². The van der Waals surface area contributed by atoms with Crippen LogP contribution in [0.1, 0.15) is 19.3 Å². The van der Waals surface area contributed by atoms with Crippen molar-refractivity contribution >= 4 is 17.5 Å². The van der Waals surface area contributed by atoms with Gasteiger partial charge in [0.1, 0.15) is 11.8 Å². The van der Waals surface area contributed by atoms with E-state index in [9.17, 15) is 22.8 Å². The second-order valence-electron chi connectivity index (χ2n) is 5.12. The molecule has 1 heterocycles. The van der Waals surface area contributed by atoms with Crippen LogP contribution in [0.5, 0.6) is 5.75 Å². The highest BCUT2D eigenvalue weighted by Gasteiger charge is 2.32. The predicted octanol–water partition coefficient (Wildman–Crippen LogP) is 1.38. The number of amides is 2. The fourth-order valence-electron chi connectivity index (χ4n) is 1.99. The van der Waals surface area contributed by atoms with Gasteiger partial charge in [-0.3, -0.25) is 9.59 Å². The zero-order valence-corrected chi connectivity index (χ0v) is 14.2. The molecule has 7 nitrogen and oxygen atoms in total. The number of nitrogens with zero attached hydrogens (tertiary/aromatic N) is 2. The maximum absolute atomic E-state index is 13.2. The average molecular weight is 398 g/mol. The fraction of sp³-hybridized carbons (Fsp3) is 0.529. The number of nitrogens with one attached hydrogen (secondary N) is 1. The third-order valence-corrected chi connectivity index (χ3v) is 3.02. The van der Waals surface area contributed by atoms with E-state index in [1.807, 2.05) is 0 Å². The minimum absolute atomic E-state index is 0.101. The second kappa shape index (κ2) is 8.94. The van der Waals surface area contributed by atoms with E-state index in [2.05, 4.69) is 10.1 Å². The van der Waals surface area contributed by atoms with Crippen LogP contribution in [0, 0.1) is 0 Å². The Morgan fingerprint density at radius 2 is 2.04 bits per heavy atom. The predicted molar refractivity (Wildman–Crippen MR) is 91.4 cm³/mol. The van der Waals surface area contributed by atoms with Gasteiger partial charge in [-0.15, -0.1) is 13.2 Å². The molecule has 1 atom stereocenters. The summed E-state index contributed by atoms with van der Waals surface area (Å²) in [6, 6.07) is -0.688. The van der Waals surface area contributed by atoms with Gasteiger partial charge in [-0.05, 0) is 12.1 Å². The molecule has 1 N–H and O–H groups in total. The van der Waals surface area contributed by atoms with Gasteiger partial charge in [0, 0.05) is 51.8 Å². The first-order chi connectivity index (χ1) is 16.1. The molecular formula is C17H22F3N3O4. The lowest BCUT2D eigenvalue weighted by Gasteiger charge is -2.37. The maximum atomic E-state index is 13.2. The molecule has 1 saturated heterocycles. The van der Waals surface area contributed by atoms with Gasteiger partial charge in [0.05, 0.1) is 18.9 Å². The van der Waals surface area contributed by atoms with E-state index in [0.717, 1.165) is 20.1 Å². The molecule has 150 valence electrons. The number of piperazine rings is 1. The van der Waals surface area contributed by atoms with Crippen LogP contribution in [0.3, 0.4) is 0 Å². The van der Waals surface area contributed by atoms with Gasteiger partial charge in [0.15, 0.2) is 0 Å². The zero-order chi connectivity index (χ0) is 28.1. The number of methoxy groups -OCH3 is 1. The minimum atomic E-state index is -5.28. The number of ether oxygens (including phenoxy) is 2. The normalized spacial score (nSPS) is 28.4. The van der Waals surface area contributed by atoms with Gasteiger partial charge in [-0.25, -0.2) is 0 Å². The van der Waals surface area contributed by atoms with Crippen LogP contribution in [-0.2, 0) is 14.3 Å². The lowest BCUT2D eigenvalue weighted by atomic mass is 10.2. The molecule has 2 rings (SSSR count). The lowest BCUT2D eigenvalue weighted by molar-refractivity contribution is -0.274. The SMILES string of the molecule is [2H]c1ccc(N2C([2H])([2H])C([2H])([2H])N(C(=O)[C@H](COC)NC(C)=O)C([2H])([2H])C2([2H])[2H])cc1OC(F)(F)F. The molecule has 0 aliphatic carbocycles. The van der Waals surface area contributed by atoms with E-state index in [1.165, 1.54) is 0 Å². The van der Waals surface area contributed by atoms with Gasteiger partial charge < -0.3 is 24.6 Å². The van der Waals surface area contributed by atoms with Crippen molar-refractivity contribution in [2.24, 2.45) is 0 Å². The summed E-state index contributed by atoms with van der Waals surface area (Å²) < 4.78 is 121. The molecule has 0 spiro atoms. The lowest BCUT2D eigenvalue weighted by Crippen LogP contribution is -2.56. The molecule has 1 aliphatic heterocycles. The summed E-state index contributed by atoms with van der Waals surface area (Å²) in [7, 11) is 1.11. The Balaban J connectivity index is 2.72. The number of benzene rings is 1. The summed E-state index contributed by atoms with van der Waals surface area (Å²) in [5, 5.41) is 2.10. The fourth-order valence-corrected chi connectivity index (χ4v) is 1.99. The molecule has 10 heteroatoms. The van der Waals surface area contributed by atoms with E-state index in [1.54, 1.807) is 0 Å². The van der Waals surface area contributed by atoms with Crippen LogP contribution >= 0.6 is 0 Å². The molecule has 1 aromatic rings. The van der Waals surface area contributed by atoms with Crippen molar-refractivity contribution in [3.8, 4) is 5.75 Å². The van der Waals surface area contributed by atoms with Crippen molar-refractivity contribution in [2.45, 2.75) is 19.3 Å². The quantitative estimate of drug-likeness (QED) is 0.784. The number of carbonyl (C=O) groups is 2. The average Bonchev–Trinajstić information content (AvgIpc) is 2.67. The van der Waals surface area contributed by atoms with E-state index in [-0.39, 0.29) is 9.80 Å². The van der Waals surface area contributed by atoms with Crippen LogP contribution in [0.25, 0.3) is 0 Å². The summed E-state index contributed by atoms with van der Waals surface area (Å²) in [6.07, 6.45) is -5.28. The third kappa shape index (κ3) is 6.31. The molecule has 1 aromatic carbocycles. The smallest absolute Gasteiger partial charge is 0.406 e. The molecular weight excluding hydrogens is 367 g/mol. The van der Waals surface area contributed by atoms with Crippen LogP contribution in [0.4, 0.5) is 18.9 Å². The molecule has 27 heavy (non-hydrogen) atoms. The van der Waals surface area contributed by atoms with Crippen molar-refractivity contribution in [2.75, 3.05) is 44.6 Å². The minimum Gasteiger partial charge on any atom is -0.406 e. The van der Waals surface area contributed by atoms with Crippen molar-refractivity contribution in [1.82, 2.24) is 10.2 Å². The molecule has 0 unspecified atom stereocenters. The number of anilines is 1. The van der Waals surface area contributed by atoms with Gasteiger partial charge in [0.2, 0.25) is 11.8 Å². The van der Waals surface area contributed by atoms with Crippen LogP contribution in [0.15, 0.2) is 24.2 Å². The van der Waals surface area contributed by atoms with Gasteiger partial charge in [0.25, 0.3) is 0 Å². The number of hydrogen-bond acceptors (Lipinski definition) is 5. The highest BCUT2D eigenvalue weighted by molar-refractivity contribution is 5.87. The molecule has 1 fully saturated rings. The molecule has 0 saturated carbocycles. The summed E-state index contributed by atoms with van der Waals surface area (Å²) in [6.45, 7) is -14.2. The van der Waals surface area contributed by atoms with Crippen molar-refractivity contribution in [1.29, 1.82) is 0 Å². The Morgan fingerprint density at radius 1 is 1.37 bits per heavy atom. The molecule has 2 amide bonds. The largest absolute Gasteiger partial charge is 0.573 e. The number of hydrogen-bond donors (Lipinski definition) is 1. The Kier molecular flexibility index (Phi) is 3.77. The number of carbonyl (C=O) groups excluding carboxylic acids is 2. The summed E-state index contributed by atoms with van der Waals surface area (Å²) in [5.41, 5.74) is -0.810. The number of alkyl halides is 3. The van der Waals surface area contributed by atoms with E-state index in [4.69, 9.17) is 17.1 Å². The monoisotopic (exact) mass is 398 g/mol. The second-order valence-corrected chi connectivity index (χ2v) is 5.12. The van der Waals surface area contributed by atoms with E-state index >= 15 is 0 Å². The Morgan fingerprint density at radius 3 is 2.59 bits per heavy atom. The van der Waals surface area contributed by atoms with Crippen molar-refractivity contribution in [3.05, 3.63) is 24.2 Å². The van der Waals surface area contributed by atoms with Gasteiger partial charge in [-0.2, -0.15) is 0 Å². The van der Waals surface area contributed by atoms with Crippen molar-refractivity contribution < 1.29 is 44.6 Å². The topological polar surface area (TPSA) is 71.1 Å². The summed E-state index contributed by atoms with van der Waals surface area (Å²) in [5.74, 6) is -3.54. The first-order valence-electron chi connectivity index (χ1n) is 11.9. The zero-order valence-electron chi connectivity index (χ0n) is 23.2. The maximum Gasteiger partial charge on any atom is 0.573 e. The Hall–Kier alpha value is -2.49. The van der Waals surface area contributed by atoms with E-state index in [0.29, 0.717) is 12.1 Å². The molecule has 1 aliphatic rings. The molecule has 0 bridgehead atoms. The van der Waals surface area contributed by atoms with Crippen LogP contribution < -0.4 is 15.0 Å². The van der Waals surface area contributed by atoms with Gasteiger partial charge in [-0.1, -0.05) is 6.07 Å². The van der Waals surface area contributed by atoms with Crippen LogP contribution in [0.2, 0.25) is 0 Å². The summed E-state index contributed by atoms with van der Waals surface area (Å²) >= 11 is 0. The molecule has 0 aromatic heterocycles.